The number of amides is 1. The number of nitrogens with one attached hydrogen (secondary N) is 1. The van der Waals surface area contributed by atoms with Crippen molar-refractivity contribution in [1.29, 1.82) is 0 Å². The Hall–Kier alpha value is -4.08. The molecular weight excluding hydrogens is 503 g/mol. The van der Waals surface area contributed by atoms with Gasteiger partial charge in [0.05, 0.1) is 21.0 Å². The molecule has 10 heteroatoms. The van der Waals surface area contributed by atoms with Gasteiger partial charge in [-0.2, -0.15) is 0 Å². The molecule has 0 atom stereocenters. The van der Waals surface area contributed by atoms with Gasteiger partial charge in [-0.15, -0.1) is 0 Å². The molecule has 0 aliphatic carbocycles. The minimum atomic E-state index is -4.05. The van der Waals surface area contributed by atoms with Crippen LogP contribution in [0, 0.1) is 5.82 Å². The minimum Gasteiger partial charge on any atom is -0.348 e. The average Bonchev–Trinajstić information content (AvgIpc) is 3.29. The van der Waals surface area contributed by atoms with Crippen molar-refractivity contribution in [1.82, 2.24) is 19.3 Å². The van der Waals surface area contributed by atoms with Gasteiger partial charge in [0.1, 0.15) is 12.1 Å². The Morgan fingerprint density at radius 1 is 1.00 bits per heavy atom. The van der Waals surface area contributed by atoms with Gasteiger partial charge in [0.2, 0.25) is 0 Å². The van der Waals surface area contributed by atoms with Crippen LogP contribution in [0.15, 0.2) is 96.5 Å². The number of hydrogen-bond acceptors (Lipinski definition) is 5. The summed E-state index contributed by atoms with van der Waals surface area (Å²) in [5, 5.41) is 3.41. The molecule has 5 rings (SSSR count). The summed E-state index contributed by atoms with van der Waals surface area (Å²) in [4.78, 5) is 20.6. The maximum Gasteiger partial charge on any atom is 0.268 e. The van der Waals surface area contributed by atoms with Crippen LogP contribution in [-0.4, -0.2) is 28.3 Å². The first kappa shape index (κ1) is 23.7. The molecular formula is C26H18ClFN4O3S. The molecule has 1 N–H and O–H groups in total. The Balaban J connectivity index is 1.46. The van der Waals surface area contributed by atoms with Crippen molar-refractivity contribution in [3.8, 4) is 11.1 Å². The molecule has 180 valence electrons. The van der Waals surface area contributed by atoms with E-state index in [9.17, 15) is 17.6 Å². The van der Waals surface area contributed by atoms with Crippen LogP contribution in [0.4, 0.5) is 4.39 Å². The first-order valence-electron chi connectivity index (χ1n) is 10.8. The third-order valence-corrected chi connectivity index (χ3v) is 7.64. The van der Waals surface area contributed by atoms with Gasteiger partial charge in [-0.3, -0.25) is 4.79 Å². The molecule has 0 fully saturated rings. The summed E-state index contributed by atoms with van der Waals surface area (Å²) in [6, 6.07) is 16.8. The van der Waals surface area contributed by atoms with Gasteiger partial charge in [-0.1, -0.05) is 41.9 Å². The van der Waals surface area contributed by atoms with Gasteiger partial charge in [0.25, 0.3) is 15.9 Å². The number of benzene rings is 3. The zero-order valence-corrected chi connectivity index (χ0v) is 20.2. The highest BCUT2D eigenvalue weighted by atomic mass is 35.5. The van der Waals surface area contributed by atoms with E-state index >= 15 is 0 Å². The number of rotatable bonds is 6. The summed E-state index contributed by atoms with van der Waals surface area (Å²) in [7, 11) is -4.05. The number of fused-ring (bicyclic) bond motifs is 1. The number of carbonyl (C=O) groups is 1. The molecule has 0 saturated heterocycles. The van der Waals surface area contributed by atoms with Crippen LogP contribution in [0.3, 0.4) is 0 Å². The molecule has 0 aliphatic heterocycles. The summed E-state index contributed by atoms with van der Waals surface area (Å²) >= 11 is 6.34. The smallest absolute Gasteiger partial charge is 0.268 e. The molecule has 2 aromatic heterocycles. The topological polar surface area (TPSA) is 94.0 Å². The molecule has 0 saturated carbocycles. The number of para-hydroxylation sites is 1. The van der Waals surface area contributed by atoms with Gasteiger partial charge in [0, 0.05) is 41.6 Å². The van der Waals surface area contributed by atoms with E-state index in [1.807, 2.05) is 12.1 Å². The maximum absolute atomic E-state index is 13.6. The van der Waals surface area contributed by atoms with Crippen molar-refractivity contribution in [3.63, 3.8) is 0 Å². The molecule has 0 radical (unpaired) electrons. The minimum absolute atomic E-state index is 0.0131. The van der Waals surface area contributed by atoms with E-state index in [1.165, 1.54) is 46.8 Å². The highest BCUT2D eigenvalue weighted by Gasteiger charge is 2.23. The van der Waals surface area contributed by atoms with Crippen LogP contribution in [-0.2, 0) is 16.6 Å². The summed E-state index contributed by atoms with van der Waals surface area (Å²) in [5.74, 6) is -0.851. The van der Waals surface area contributed by atoms with Gasteiger partial charge in [0.15, 0.2) is 0 Å². The second-order valence-electron chi connectivity index (χ2n) is 7.94. The molecule has 0 spiro atoms. The van der Waals surface area contributed by atoms with Crippen LogP contribution in [0.5, 0.6) is 0 Å². The molecule has 0 bridgehead atoms. The highest BCUT2D eigenvalue weighted by molar-refractivity contribution is 7.90. The Kier molecular flexibility index (Phi) is 6.26. The lowest BCUT2D eigenvalue weighted by Crippen LogP contribution is -2.23. The summed E-state index contributed by atoms with van der Waals surface area (Å²) in [6.07, 6.45) is 6.15. The van der Waals surface area contributed by atoms with Crippen LogP contribution < -0.4 is 5.32 Å². The van der Waals surface area contributed by atoms with Gasteiger partial charge in [-0.25, -0.2) is 26.7 Å². The van der Waals surface area contributed by atoms with Gasteiger partial charge in [-0.05, 0) is 42.0 Å². The summed E-state index contributed by atoms with van der Waals surface area (Å²) in [6.45, 7) is 0.164. The lowest BCUT2D eigenvalue weighted by atomic mass is 10.1. The van der Waals surface area contributed by atoms with Gasteiger partial charge >= 0.3 is 0 Å². The first-order valence-corrected chi connectivity index (χ1v) is 12.6. The van der Waals surface area contributed by atoms with E-state index in [0.29, 0.717) is 22.2 Å². The number of hydrogen-bond donors (Lipinski definition) is 1. The first-order chi connectivity index (χ1) is 17.3. The monoisotopic (exact) mass is 520 g/mol. The van der Waals surface area contributed by atoms with E-state index < -0.39 is 15.9 Å². The van der Waals surface area contributed by atoms with Crippen LogP contribution >= 0.6 is 11.6 Å². The molecule has 0 unspecified atom stereocenters. The third kappa shape index (κ3) is 4.46. The van der Waals surface area contributed by atoms with E-state index in [-0.39, 0.29) is 27.8 Å². The fourth-order valence-corrected chi connectivity index (χ4v) is 5.58. The van der Waals surface area contributed by atoms with E-state index in [4.69, 9.17) is 11.6 Å². The molecule has 0 aliphatic rings. The van der Waals surface area contributed by atoms with E-state index in [2.05, 4.69) is 15.3 Å². The average molecular weight is 521 g/mol. The van der Waals surface area contributed by atoms with Crippen LogP contribution in [0.1, 0.15) is 15.9 Å². The highest BCUT2D eigenvalue weighted by Crippen LogP contribution is 2.33. The fraction of sp³-hybridized carbons (Fsp3) is 0.0385. The quantitative estimate of drug-likeness (QED) is 0.338. The Labute approximate surface area is 211 Å². The Bertz CT molecular complexity index is 1690. The van der Waals surface area contributed by atoms with E-state index in [1.54, 1.807) is 36.7 Å². The molecule has 36 heavy (non-hydrogen) atoms. The molecule has 7 nitrogen and oxygen atoms in total. The molecule has 1 amide bonds. The van der Waals surface area contributed by atoms with Crippen LogP contribution in [0.2, 0.25) is 5.02 Å². The number of aromatic nitrogens is 3. The standard InChI is InChI=1S/C26H18ClFN4O3S/c27-24-11-20(9-10-22(24)26(33)31-12-17-5-7-19(28)8-6-17)36(34,35)32-15-23(18-13-29-16-30-14-18)21-3-1-2-4-25(21)32/h1-11,13-16H,12H2,(H,31,33). The van der Waals surface area contributed by atoms with Gasteiger partial charge < -0.3 is 5.32 Å². The lowest BCUT2D eigenvalue weighted by molar-refractivity contribution is 0.0951. The summed E-state index contributed by atoms with van der Waals surface area (Å²) in [5.41, 5.74) is 2.65. The number of carbonyl (C=O) groups excluding carboxylic acids is 1. The second kappa shape index (κ2) is 9.52. The zero-order chi connectivity index (χ0) is 25.3. The van der Waals surface area contributed by atoms with Crippen molar-refractivity contribution >= 4 is 38.4 Å². The number of nitrogens with zero attached hydrogens (tertiary/aromatic N) is 3. The van der Waals surface area contributed by atoms with Crippen molar-refractivity contribution in [2.24, 2.45) is 0 Å². The van der Waals surface area contributed by atoms with E-state index in [0.717, 1.165) is 5.39 Å². The molecule has 2 heterocycles. The van der Waals surface area contributed by atoms with Crippen LogP contribution in [0.25, 0.3) is 22.0 Å². The predicted octanol–water partition coefficient (Wildman–Crippen LogP) is 5.06. The maximum atomic E-state index is 13.6. The fourth-order valence-electron chi connectivity index (χ4n) is 3.85. The Morgan fingerprint density at radius 3 is 2.44 bits per heavy atom. The van der Waals surface area contributed by atoms with Crippen molar-refractivity contribution in [3.05, 3.63) is 114 Å². The second-order valence-corrected chi connectivity index (χ2v) is 10.2. The zero-order valence-electron chi connectivity index (χ0n) is 18.6. The normalized spacial score (nSPS) is 11.5. The SMILES string of the molecule is O=C(NCc1ccc(F)cc1)c1ccc(S(=O)(=O)n2cc(-c3cncnc3)c3ccccc32)cc1Cl. The molecule has 3 aromatic carbocycles. The molecule has 5 aromatic rings. The largest absolute Gasteiger partial charge is 0.348 e. The predicted molar refractivity (Wildman–Crippen MR) is 135 cm³/mol. The number of halogens is 2. The summed E-state index contributed by atoms with van der Waals surface area (Å²) < 4.78 is 41.5. The van der Waals surface area contributed by atoms with Crippen molar-refractivity contribution in [2.45, 2.75) is 11.4 Å². The third-order valence-electron chi connectivity index (χ3n) is 5.66. The Morgan fingerprint density at radius 2 is 1.72 bits per heavy atom. The van der Waals surface area contributed by atoms with Crippen molar-refractivity contribution in [2.75, 3.05) is 0 Å². The lowest BCUT2D eigenvalue weighted by Gasteiger charge is -2.11. The van der Waals surface area contributed by atoms with Crippen molar-refractivity contribution < 1.29 is 17.6 Å².